The quantitative estimate of drug-likeness (QED) is 0.818. The van der Waals surface area contributed by atoms with Crippen molar-refractivity contribution in [3.05, 3.63) is 35.9 Å². The van der Waals surface area contributed by atoms with Crippen molar-refractivity contribution in [1.82, 2.24) is 5.32 Å². The number of benzene rings is 1. The van der Waals surface area contributed by atoms with Crippen molar-refractivity contribution in [2.24, 2.45) is 0 Å². The molecule has 2 rings (SSSR count). The van der Waals surface area contributed by atoms with E-state index in [1.54, 1.807) is 0 Å². The fraction of sp³-hybridized carbons (Fsp3) is 0.562. The fourth-order valence-corrected chi connectivity index (χ4v) is 2.64. The van der Waals surface area contributed by atoms with E-state index in [2.05, 4.69) is 5.32 Å². The normalized spacial score (nSPS) is 23.6. The highest BCUT2D eigenvalue weighted by molar-refractivity contribution is 5.76. The topological polar surface area (TPSA) is 49.3 Å². The van der Waals surface area contributed by atoms with Crippen molar-refractivity contribution < 1.29 is 9.90 Å². The van der Waals surface area contributed by atoms with Gasteiger partial charge in [0, 0.05) is 6.42 Å². The van der Waals surface area contributed by atoms with Gasteiger partial charge in [-0.2, -0.15) is 0 Å². The van der Waals surface area contributed by atoms with Crippen LogP contribution in [0.5, 0.6) is 0 Å². The zero-order chi connectivity index (χ0) is 13.5. The zero-order valence-electron chi connectivity index (χ0n) is 11.3. The molecule has 0 heterocycles. The Morgan fingerprint density at radius 2 is 1.89 bits per heavy atom. The molecular formula is C16H23NO2. The first-order valence-corrected chi connectivity index (χ1v) is 7.27. The van der Waals surface area contributed by atoms with Crippen LogP contribution in [0.3, 0.4) is 0 Å². The molecule has 3 heteroatoms. The summed E-state index contributed by atoms with van der Waals surface area (Å²) in [6.45, 7) is 0. The highest BCUT2D eigenvalue weighted by atomic mass is 16.3. The number of aliphatic hydroxyl groups is 1. The van der Waals surface area contributed by atoms with Gasteiger partial charge in [0.1, 0.15) is 0 Å². The van der Waals surface area contributed by atoms with E-state index in [9.17, 15) is 9.90 Å². The second-order valence-electron chi connectivity index (χ2n) is 5.36. The molecule has 0 spiro atoms. The van der Waals surface area contributed by atoms with Gasteiger partial charge in [-0.15, -0.1) is 0 Å². The van der Waals surface area contributed by atoms with Crippen LogP contribution in [0.1, 0.15) is 44.1 Å². The Kier molecular flexibility index (Phi) is 5.40. The highest BCUT2D eigenvalue weighted by Gasteiger charge is 2.22. The number of hydrogen-bond donors (Lipinski definition) is 2. The molecule has 1 fully saturated rings. The van der Waals surface area contributed by atoms with Crippen LogP contribution in [0, 0.1) is 0 Å². The Hall–Kier alpha value is -1.35. The van der Waals surface area contributed by atoms with E-state index in [1.165, 1.54) is 5.56 Å². The van der Waals surface area contributed by atoms with Crippen LogP contribution in [-0.2, 0) is 11.2 Å². The fourth-order valence-electron chi connectivity index (χ4n) is 2.64. The molecule has 0 aliphatic heterocycles. The van der Waals surface area contributed by atoms with Crippen LogP contribution in [0.4, 0.5) is 0 Å². The van der Waals surface area contributed by atoms with Gasteiger partial charge in [-0.05, 0) is 24.8 Å². The lowest BCUT2D eigenvalue weighted by Crippen LogP contribution is -2.42. The van der Waals surface area contributed by atoms with E-state index >= 15 is 0 Å². The molecule has 0 bridgehead atoms. The molecule has 2 unspecified atom stereocenters. The number of aryl methyl sites for hydroxylation is 1. The van der Waals surface area contributed by atoms with E-state index in [0.717, 1.165) is 38.5 Å². The van der Waals surface area contributed by atoms with E-state index in [4.69, 9.17) is 0 Å². The molecule has 104 valence electrons. The van der Waals surface area contributed by atoms with Crippen molar-refractivity contribution >= 4 is 5.91 Å². The molecule has 1 saturated carbocycles. The van der Waals surface area contributed by atoms with Gasteiger partial charge < -0.3 is 10.4 Å². The summed E-state index contributed by atoms with van der Waals surface area (Å²) >= 11 is 0. The molecule has 1 aromatic rings. The van der Waals surface area contributed by atoms with Crippen molar-refractivity contribution in [2.75, 3.05) is 0 Å². The molecule has 1 aromatic carbocycles. The maximum atomic E-state index is 11.9. The van der Waals surface area contributed by atoms with Gasteiger partial charge in [-0.25, -0.2) is 0 Å². The van der Waals surface area contributed by atoms with Gasteiger partial charge in [0.15, 0.2) is 0 Å². The second-order valence-corrected chi connectivity index (χ2v) is 5.36. The predicted molar refractivity (Wildman–Crippen MR) is 75.8 cm³/mol. The van der Waals surface area contributed by atoms with E-state index in [1.807, 2.05) is 30.3 Å². The summed E-state index contributed by atoms with van der Waals surface area (Å²) in [7, 11) is 0. The van der Waals surface area contributed by atoms with Crippen molar-refractivity contribution in [3.8, 4) is 0 Å². The third kappa shape index (κ3) is 4.67. The Morgan fingerprint density at radius 1 is 1.16 bits per heavy atom. The van der Waals surface area contributed by atoms with Crippen LogP contribution < -0.4 is 5.32 Å². The first-order chi connectivity index (χ1) is 9.25. The zero-order valence-corrected chi connectivity index (χ0v) is 11.3. The number of nitrogens with one attached hydrogen (secondary N) is 1. The molecule has 0 radical (unpaired) electrons. The largest absolute Gasteiger partial charge is 0.391 e. The van der Waals surface area contributed by atoms with Gasteiger partial charge in [0.05, 0.1) is 12.1 Å². The number of aliphatic hydroxyl groups excluding tert-OH is 1. The molecule has 1 aliphatic rings. The Bertz CT molecular complexity index is 391. The third-order valence-electron chi connectivity index (χ3n) is 3.81. The lowest BCUT2D eigenvalue weighted by atomic mass is 10.1. The van der Waals surface area contributed by atoms with Crippen molar-refractivity contribution in [3.63, 3.8) is 0 Å². The predicted octanol–water partition coefficient (Wildman–Crippen LogP) is 2.43. The van der Waals surface area contributed by atoms with Gasteiger partial charge in [-0.1, -0.05) is 49.6 Å². The Balaban J connectivity index is 1.77. The van der Waals surface area contributed by atoms with Gasteiger partial charge in [-0.3, -0.25) is 4.79 Å². The minimum Gasteiger partial charge on any atom is -0.391 e. The van der Waals surface area contributed by atoms with Crippen molar-refractivity contribution in [2.45, 2.75) is 57.1 Å². The lowest BCUT2D eigenvalue weighted by Gasteiger charge is -2.21. The SMILES string of the molecule is O=C(CCc1ccccc1)NC1CCCCCC1O. The molecule has 2 atom stereocenters. The first kappa shape index (κ1) is 14.1. The van der Waals surface area contributed by atoms with Crippen LogP contribution in [0.15, 0.2) is 30.3 Å². The summed E-state index contributed by atoms with van der Waals surface area (Å²) in [4.78, 5) is 11.9. The summed E-state index contributed by atoms with van der Waals surface area (Å²) in [5.41, 5.74) is 1.18. The number of carbonyl (C=O) groups is 1. The smallest absolute Gasteiger partial charge is 0.220 e. The molecular weight excluding hydrogens is 238 g/mol. The third-order valence-corrected chi connectivity index (χ3v) is 3.81. The molecule has 3 nitrogen and oxygen atoms in total. The molecule has 0 aromatic heterocycles. The Labute approximate surface area is 115 Å². The number of amides is 1. The van der Waals surface area contributed by atoms with E-state index in [0.29, 0.717) is 6.42 Å². The van der Waals surface area contributed by atoms with Crippen LogP contribution in [0.2, 0.25) is 0 Å². The van der Waals surface area contributed by atoms with Crippen molar-refractivity contribution in [1.29, 1.82) is 0 Å². The first-order valence-electron chi connectivity index (χ1n) is 7.27. The average Bonchev–Trinajstić information content (AvgIpc) is 2.63. The monoisotopic (exact) mass is 261 g/mol. The molecule has 19 heavy (non-hydrogen) atoms. The highest BCUT2D eigenvalue weighted by Crippen LogP contribution is 2.18. The lowest BCUT2D eigenvalue weighted by molar-refractivity contribution is -0.122. The summed E-state index contributed by atoms with van der Waals surface area (Å²) in [5, 5.41) is 13.0. The summed E-state index contributed by atoms with van der Waals surface area (Å²) in [6.07, 6.45) is 5.92. The van der Waals surface area contributed by atoms with Gasteiger partial charge >= 0.3 is 0 Å². The molecule has 1 aliphatic carbocycles. The average molecular weight is 261 g/mol. The summed E-state index contributed by atoms with van der Waals surface area (Å²) in [6, 6.07) is 9.98. The second kappa shape index (κ2) is 7.29. The minimum atomic E-state index is -0.372. The molecule has 2 N–H and O–H groups in total. The number of rotatable bonds is 4. The minimum absolute atomic E-state index is 0.0502. The van der Waals surface area contributed by atoms with Crippen LogP contribution >= 0.6 is 0 Å². The van der Waals surface area contributed by atoms with Crippen LogP contribution in [-0.4, -0.2) is 23.2 Å². The van der Waals surface area contributed by atoms with Gasteiger partial charge in [0.25, 0.3) is 0 Å². The maximum absolute atomic E-state index is 11.9. The molecule has 1 amide bonds. The number of carbonyl (C=O) groups excluding carboxylic acids is 1. The number of hydrogen-bond acceptors (Lipinski definition) is 2. The standard InChI is InChI=1S/C16H23NO2/c18-15-10-6-2-5-9-14(15)17-16(19)12-11-13-7-3-1-4-8-13/h1,3-4,7-8,14-15,18H,2,5-6,9-12H2,(H,17,19). The Morgan fingerprint density at radius 3 is 2.68 bits per heavy atom. The maximum Gasteiger partial charge on any atom is 0.220 e. The van der Waals surface area contributed by atoms with E-state index in [-0.39, 0.29) is 18.1 Å². The summed E-state index contributed by atoms with van der Waals surface area (Å²) < 4.78 is 0. The van der Waals surface area contributed by atoms with E-state index < -0.39 is 0 Å². The summed E-state index contributed by atoms with van der Waals surface area (Å²) in [5.74, 6) is 0.0507. The van der Waals surface area contributed by atoms with Gasteiger partial charge in [0.2, 0.25) is 5.91 Å². The molecule has 0 saturated heterocycles. The van der Waals surface area contributed by atoms with Crippen LogP contribution in [0.25, 0.3) is 0 Å².